The molecular formula is C13H23N3O2. The third-order valence-electron chi connectivity index (χ3n) is 3.89. The van der Waals surface area contributed by atoms with E-state index >= 15 is 0 Å². The zero-order valence-electron chi connectivity index (χ0n) is 10.9. The van der Waals surface area contributed by atoms with E-state index in [2.05, 4.69) is 10.2 Å². The first-order chi connectivity index (χ1) is 8.78. The van der Waals surface area contributed by atoms with Crippen molar-refractivity contribution >= 4 is 12.3 Å². The molecule has 0 radical (unpaired) electrons. The number of nitrogens with one attached hydrogen (secondary N) is 1. The molecule has 5 nitrogen and oxygen atoms in total. The average molecular weight is 253 g/mol. The lowest BCUT2D eigenvalue weighted by molar-refractivity contribution is -0.124. The average Bonchev–Trinajstić information content (AvgIpc) is 2.40. The molecule has 5 heteroatoms. The molecule has 1 N–H and O–H groups in total. The zero-order valence-corrected chi connectivity index (χ0v) is 10.9. The molecule has 0 aromatic heterocycles. The van der Waals surface area contributed by atoms with Gasteiger partial charge in [-0.05, 0) is 12.8 Å². The molecule has 1 saturated heterocycles. The van der Waals surface area contributed by atoms with Gasteiger partial charge in [-0.25, -0.2) is 0 Å². The highest BCUT2D eigenvalue weighted by atomic mass is 16.2. The summed E-state index contributed by atoms with van der Waals surface area (Å²) in [5, 5.41) is 3.13. The first-order valence-electron chi connectivity index (χ1n) is 6.99. The summed E-state index contributed by atoms with van der Waals surface area (Å²) in [6.45, 7) is 3.55. The first kappa shape index (κ1) is 13.3. The minimum Gasteiger partial charge on any atom is -0.352 e. The highest BCUT2D eigenvalue weighted by molar-refractivity contribution is 5.78. The Morgan fingerprint density at radius 2 is 1.78 bits per heavy atom. The van der Waals surface area contributed by atoms with Gasteiger partial charge in [0.25, 0.3) is 0 Å². The summed E-state index contributed by atoms with van der Waals surface area (Å²) in [4.78, 5) is 26.4. The number of rotatable bonds is 4. The van der Waals surface area contributed by atoms with Crippen molar-refractivity contribution in [3.63, 3.8) is 0 Å². The third-order valence-corrected chi connectivity index (χ3v) is 3.89. The second-order valence-corrected chi connectivity index (χ2v) is 5.32. The molecule has 1 saturated carbocycles. The van der Waals surface area contributed by atoms with Gasteiger partial charge in [0.2, 0.25) is 12.3 Å². The second-order valence-electron chi connectivity index (χ2n) is 5.32. The lowest BCUT2D eigenvalue weighted by Crippen LogP contribution is -2.50. The molecule has 0 unspecified atom stereocenters. The van der Waals surface area contributed by atoms with Crippen molar-refractivity contribution in [1.29, 1.82) is 0 Å². The summed E-state index contributed by atoms with van der Waals surface area (Å²) < 4.78 is 0. The number of piperazine rings is 1. The molecule has 2 amide bonds. The number of carbonyl (C=O) groups excluding carboxylic acids is 2. The molecule has 1 aliphatic carbocycles. The second kappa shape index (κ2) is 6.73. The minimum atomic E-state index is 0.140. The van der Waals surface area contributed by atoms with Crippen molar-refractivity contribution in [1.82, 2.24) is 15.1 Å². The van der Waals surface area contributed by atoms with Crippen LogP contribution in [0.1, 0.15) is 32.1 Å². The van der Waals surface area contributed by atoms with Gasteiger partial charge in [0.05, 0.1) is 6.54 Å². The van der Waals surface area contributed by atoms with E-state index in [1.807, 2.05) is 0 Å². The molecule has 0 atom stereocenters. The van der Waals surface area contributed by atoms with Gasteiger partial charge >= 0.3 is 0 Å². The Kier molecular flexibility index (Phi) is 4.99. The van der Waals surface area contributed by atoms with Crippen LogP contribution in [0.2, 0.25) is 0 Å². The van der Waals surface area contributed by atoms with Crippen LogP contribution in [-0.4, -0.2) is 60.9 Å². The summed E-state index contributed by atoms with van der Waals surface area (Å²) in [6.07, 6.45) is 6.93. The quantitative estimate of drug-likeness (QED) is 0.729. The van der Waals surface area contributed by atoms with Crippen molar-refractivity contribution in [3.8, 4) is 0 Å². The van der Waals surface area contributed by atoms with Gasteiger partial charge in [0, 0.05) is 32.2 Å². The molecule has 2 aliphatic rings. The van der Waals surface area contributed by atoms with Gasteiger partial charge in [-0.15, -0.1) is 0 Å². The fourth-order valence-electron chi connectivity index (χ4n) is 2.75. The van der Waals surface area contributed by atoms with E-state index in [1.54, 1.807) is 4.90 Å². The van der Waals surface area contributed by atoms with E-state index in [0.29, 0.717) is 12.6 Å². The van der Waals surface area contributed by atoms with Crippen LogP contribution >= 0.6 is 0 Å². The molecule has 0 bridgehead atoms. The van der Waals surface area contributed by atoms with E-state index in [4.69, 9.17) is 0 Å². The van der Waals surface area contributed by atoms with E-state index in [9.17, 15) is 9.59 Å². The van der Waals surface area contributed by atoms with Gasteiger partial charge in [-0.2, -0.15) is 0 Å². The first-order valence-corrected chi connectivity index (χ1v) is 6.99. The van der Waals surface area contributed by atoms with Gasteiger partial charge in [-0.3, -0.25) is 14.5 Å². The van der Waals surface area contributed by atoms with Crippen LogP contribution < -0.4 is 5.32 Å². The fourth-order valence-corrected chi connectivity index (χ4v) is 2.75. The summed E-state index contributed by atoms with van der Waals surface area (Å²) in [5.74, 6) is 0.140. The fraction of sp³-hybridized carbons (Fsp3) is 0.846. The lowest BCUT2D eigenvalue weighted by Gasteiger charge is -2.32. The SMILES string of the molecule is O=CN1CCN(CC(=O)NC2CCCCC2)CC1. The molecule has 0 aromatic rings. The van der Waals surface area contributed by atoms with E-state index < -0.39 is 0 Å². The molecular weight excluding hydrogens is 230 g/mol. The third kappa shape index (κ3) is 3.98. The van der Waals surface area contributed by atoms with Crippen LogP contribution in [0.15, 0.2) is 0 Å². The molecule has 2 fully saturated rings. The minimum absolute atomic E-state index is 0.140. The maximum atomic E-state index is 11.9. The highest BCUT2D eigenvalue weighted by Gasteiger charge is 2.20. The Bertz CT molecular complexity index is 282. The summed E-state index contributed by atoms with van der Waals surface area (Å²) in [5.41, 5.74) is 0. The van der Waals surface area contributed by atoms with Crippen LogP contribution in [0.4, 0.5) is 0 Å². The Labute approximate surface area is 108 Å². The number of hydrogen-bond acceptors (Lipinski definition) is 3. The van der Waals surface area contributed by atoms with Crippen LogP contribution in [-0.2, 0) is 9.59 Å². The molecule has 1 heterocycles. The summed E-state index contributed by atoms with van der Waals surface area (Å²) in [7, 11) is 0. The Balaban J connectivity index is 1.66. The van der Waals surface area contributed by atoms with Crippen molar-refractivity contribution < 1.29 is 9.59 Å². The highest BCUT2D eigenvalue weighted by Crippen LogP contribution is 2.17. The predicted molar refractivity (Wildman–Crippen MR) is 69.1 cm³/mol. The molecule has 2 rings (SSSR count). The summed E-state index contributed by atoms with van der Waals surface area (Å²) >= 11 is 0. The number of carbonyl (C=O) groups is 2. The molecule has 1 aliphatic heterocycles. The van der Waals surface area contributed by atoms with Crippen LogP contribution in [0, 0.1) is 0 Å². The molecule has 0 spiro atoms. The van der Waals surface area contributed by atoms with Crippen molar-refractivity contribution in [2.45, 2.75) is 38.1 Å². The lowest BCUT2D eigenvalue weighted by atomic mass is 9.95. The van der Waals surface area contributed by atoms with Crippen molar-refractivity contribution in [2.24, 2.45) is 0 Å². The Morgan fingerprint density at radius 3 is 2.39 bits per heavy atom. The number of hydrogen-bond donors (Lipinski definition) is 1. The van der Waals surface area contributed by atoms with Gasteiger partial charge in [0.15, 0.2) is 0 Å². The van der Waals surface area contributed by atoms with Crippen molar-refractivity contribution in [3.05, 3.63) is 0 Å². The largest absolute Gasteiger partial charge is 0.352 e. The topological polar surface area (TPSA) is 52.7 Å². The monoisotopic (exact) mass is 253 g/mol. The molecule has 18 heavy (non-hydrogen) atoms. The van der Waals surface area contributed by atoms with Gasteiger partial charge < -0.3 is 10.2 Å². The van der Waals surface area contributed by atoms with Gasteiger partial charge in [-0.1, -0.05) is 19.3 Å². The molecule has 102 valence electrons. The number of nitrogens with zero attached hydrogens (tertiary/aromatic N) is 2. The molecule has 0 aromatic carbocycles. The van der Waals surface area contributed by atoms with E-state index in [0.717, 1.165) is 45.4 Å². The smallest absolute Gasteiger partial charge is 0.234 e. The van der Waals surface area contributed by atoms with E-state index in [1.165, 1.54) is 19.3 Å². The van der Waals surface area contributed by atoms with Crippen LogP contribution in [0.25, 0.3) is 0 Å². The normalized spacial score (nSPS) is 22.8. The summed E-state index contributed by atoms with van der Waals surface area (Å²) in [6, 6.07) is 0.391. The zero-order chi connectivity index (χ0) is 12.8. The maximum absolute atomic E-state index is 11.9. The Morgan fingerprint density at radius 1 is 1.11 bits per heavy atom. The van der Waals surface area contributed by atoms with Gasteiger partial charge in [0.1, 0.15) is 0 Å². The van der Waals surface area contributed by atoms with E-state index in [-0.39, 0.29) is 5.91 Å². The number of amides is 2. The van der Waals surface area contributed by atoms with Crippen molar-refractivity contribution in [2.75, 3.05) is 32.7 Å². The van der Waals surface area contributed by atoms with Crippen LogP contribution in [0.5, 0.6) is 0 Å². The Hall–Kier alpha value is -1.10. The van der Waals surface area contributed by atoms with Crippen LogP contribution in [0.3, 0.4) is 0 Å². The maximum Gasteiger partial charge on any atom is 0.234 e. The predicted octanol–water partition coefficient (Wildman–Crippen LogP) is 0.209. The standard InChI is InChI=1S/C13H23N3O2/c17-11-16-8-6-15(7-9-16)10-13(18)14-12-4-2-1-3-5-12/h11-12H,1-10H2,(H,14,18).